The van der Waals surface area contributed by atoms with Gasteiger partial charge in [-0.25, -0.2) is 0 Å². The molecule has 0 radical (unpaired) electrons. The molecular formula is C21H34N2O4. The first-order valence-corrected chi connectivity index (χ1v) is 11.0. The Morgan fingerprint density at radius 2 is 1.74 bits per heavy atom. The fourth-order valence-corrected chi connectivity index (χ4v) is 5.21. The van der Waals surface area contributed by atoms with Crippen LogP contribution in [0.1, 0.15) is 64.2 Å². The largest absolute Gasteiger partial charge is 0.376 e. The summed E-state index contributed by atoms with van der Waals surface area (Å²) in [5.41, 5.74) is -0.369. The number of hydrogen-bond donors (Lipinski definition) is 0. The number of rotatable bonds is 3. The monoisotopic (exact) mass is 378 g/mol. The molecule has 0 N–H and O–H groups in total. The van der Waals surface area contributed by atoms with E-state index in [9.17, 15) is 9.59 Å². The van der Waals surface area contributed by atoms with Crippen molar-refractivity contribution in [3.05, 3.63) is 0 Å². The van der Waals surface area contributed by atoms with Crippen LogP contribution in [-0.4, -0.2) is 72.7 Å². The quantitative estimate of drug-likeness (QED) is 0.756. The SMILES string of the molecule is O=C1CC2(CCN(C(=O)C3CCCC3)CC2)OCCN1CC1CCCCO1. The normalized spacial score (nSPS) is 29.9. The Bertz CT molecular complexity index is 532. The summed E-state index contributed by atoms with van der Waals surface area (Å²) in [5, 5.41) is 0. The first-order valence-electron chi connectivity index (χ1n) is 11.0. The Balaban J connectivity index is 1.30. The molecule has 0 aromatic carbocycles. The highest BCUT2D eigenvalue weighted by molar-refractivity contribution is 5.80. The van der Waals surface area contributed by atoms with Crippen LogP contribution in [0.2, 0.25) is 0 Å². The highest BCUT2D eigenvalue weighted by Crippen LogP contribution is 2.34. The third kappa shape index (κ3) is 4.48. The van der Waals surface area contributed by atoms with E-state index in [0.717, 1.165) is 58.2 Å². The van der Waals surface area contributed by atoms with Gasteiger partial charge in [-0.15, -0.1) is 0 Å². The molecule has 1 aliphatic carbocycles. The molecule has 4 fully saturated rings. The highest BCUT2D eigenvalue weighted by atomic mass is 16.5. The number of piperidine rings is 1. The van der Waals surface area contributed by atoms with Crippen molar-refractivity contribution in [1.29, 1.82) is 0 Å². The van der Waals surface area contributed by atoms with Crippen LogP contribution in [0.5, 0.6) is 0 Å². The summed E-state index contributed by atoms with van der Waals surface area (Å²) in [6, 6.07) is 0. The summed E-state index contributed by atoms with van der Waals surface area (Å²) in [5.74, 6) is 0.761. The first-order chi connectivity index (χ1) is 13.2. The van der Waals surface area contributed by atoms with Crippen molar-refractivity contribution in [1.82, 2.24) is 9.80 Å². The van der Waals surface area contributed by atoms with Gasteiger partial charge in [0.05, 0.1) is 24.7 Å². The van der Waals surface area contributed by atoms with Gasteiger partial charge in [0.15, 0.2) is 0 Å². The van der Waals surface area contributed by atoms with Crippen molar-refractivity contribution in [3.63, 3.8) is 0 Å². The minimum atomic E-state index is -0.369. The molecule has 6 nitrogen and oxygen atoms in total. The van der Waals surface area contributed by atoms with E-state index in [2.05, 4.69) is 0 Å². The van der Waals surface area contributed by atoms with E-state index in [1.165, 1.54) is 19.3 Å². The number of amides is 2. The molecule has 152 valence electrons. The average Bonchev–Trinajstić information content (AvgIpc) is 3.18. The number of nitrogens with zero attached hydrogens (tertiary/aromatic N) is 2. The van der Waals surface area contributed by atoms with Crippen LogP contribution >= 0.6 is 0 Å². The van der Waals surface area contributed by atoms with Gasteiger partial charge in [-0.2, -0.15) is 0 Å². The second kappa shape index (κ2) is 8.48. The summed E-state index contributed by atoms with van der Waals surface area (Å²) in [4.78, 5) is 29.5. The Labute approximate surface area is 162 Å². The van der Waals surface area contributed by atoms with Crippen LogP contribution in [-0.2, 0) is 19.1 Å². The predicted octanol–water partition coefficient (Wildman–Crippen LogP) is 2.36. The Morgan fingerprint density at radius 1 is 1.00 bits per heavy atom. The summed E-state index contributed by atoms with van der Waals surface area (Å²) in [7, 11) is 0. The van der Waals surface area contributed by atoms with Gasteiger partial charge >= 0.3 is 0 Å². The van der Waals surface area contributed by atoms with Crippen LogP contribution in [0.4, 0.5) is 0 Å². The van der Waals surface area contributed by atoms with E-state index >= 15 is 0 Å². The smallest absolute Gasteiger partial charge is 0.225 e. The minimum absolute atomic E-state index is 0.183. The highest BCUT2D eigenvalue weighted by Gasteiger charge is 2.42. The molecule has 3 aliphatic heterocycles. The molecule has 1 atom stereocenters. The van der Waals surface area contributed by atoms with Gasteiger partial charge in [-0.3, -0.25) is 9.59 Å². The predicted molar refractivity (Wildman–Crippen MR) is 101 cm³/mol. The van der Waals surface area contributed by atoms with E-state index in [0.29, 0.717) is 32.0 Å². The third-order valence-corrected chi connectivity index (χ3v) is 6.98. The Kier molecular flexibility index (Phi) is 6.02. The van der Waals surface area contributed by atoms with Gasteiger partial charge in [0.25, 0.3) is 0 Å². The molecule has 0 aromatic rings. The van der Waals surface area contributed by atoms with Crippen LogP contribution < -0.4 is 0 Å². The van der Waals surface area contributed by atoms with E-state index in [1.54, 1.807) is 0 Å². The molecule has 27 heavy (non-hydrogen) atoms. The molecule has 3 heterocycles. The van der Waals surface area contributed by atoms with Crippen molar-refractivity contribution in [2.75, 3.05) is 39.4 Å². The molecule has 1 spiro atoms. The first kappa shape index (κ1) is 19.2. The van der Waals surface area contributed by atoms with Crippen molar-refractivity contribution in [2.45, 2.75) is 75.9 Å². The average molecular weight is 379 g/mol. The number of ether oxygens (including phenoxy) is 2. The lowest BCUT2D eigenvalue weighted by Gasteiger charge is -2.41. The third-order valence-electron chi connectivity index (χ3n) is 6.98. The number of hydrogen-bond acceptors (Lipinski definition) is 4. The number of carbonyl (C=O) groups is 2. The second-order valence-corrected chi connectivity index (χ2v) is 8.84. The molecule has 1 saturated carbocycles. The van der Waals surface area contributed by atoms with Crippen molar-refractivity contribution >= 4 is 11.8 Å². The molecule has 0 aromatic heterocycles. The maximum absolute atomic E-state index is 12.9. The lowest BCUT2D eigenvalue weighted by Crippen LogP contribution is -2.50. The van der Waals surface area contributed by atoms with E-state index < -0.39 is 0 Å². The van der Waals surface area contributed by atoms with Crippen molar-refractivity contribution < 1.29 is 19.1 Å². The summed E-state index contributed by atoms with van der Waals surface area (Å²) >= 11 is 0. The van der Waals surface area contributed by atoms with Crippen LogP contribution in [0.25, 0.3) is 0 Å². The molecule has 4 aliphatic rings. The fraction of sp³-hybridized carbons (Fsp3) is 0.905. The van der Waals surface area contributed by atoms with Gasteiger partial charge in [-0.1, -0.05) is 12.8 Å². The van der Waals surface area contributed by atoms with Gasteiger partial charge < -0.3 is 19.3 Å². The van der Waals surface area contributed by atoms with E-state index in [-0.39, 0.29) is 23.5 Å². The van der Waals surface area contributed by atoms with Crippen LogP contribution in [0.3, 0.4) is 0 Å². The molecule has 1 unspecified atom stereocenters. The maximum atomic E-state index is 12.9. The topological polar surface area (TPSA) is 59.1 Å². The van der Waals surface area contributed by atoms with Gasteiger partial charge in [0.1, 0.15) is 0 Å². The van der Waals surface area contributed by atoms with Crippen molar-refractivity contribution in [3.8, 4) is 0 Å². The fourth-order valence-electron chi connectivity index (χ4n) is 5.21. The Hall–Kier alpha value is -1.14. The second-order valence-electron chi connectivity index (χ2n) is 8.84. The van der Waals surface area contributed by atoms with Crippen molar-refractivity contribution in [2.24, 2.45) is 5.92 Å². The number of carbonyl (C=O) groups excluding carboxylic acids is 2. The molecule has 3 saturated heterocycles. The zero-order valence-corrected chi connectivity index (χ0v) is 16.5. The zero-order chi connectivity index (χ0) is 18.7. The van der Waals surface area contributed by atoms with E-state index in [1.807, 2.05) is 9.80 Å². The van der Waals surface area contributed by atoms with E-state index in [4.69, 9.17) is 9.47 Å². The minimum Gasteiger partial charge on any atom is -0.376 e. The molecule has 4 rings (SSSR count). The molecule has 6 heteroatoms. The van der Waals surface area contributed by atoms with Gasteiger partial charge in [-0.05, 0) is 44.9 Å². The Morgan fingerprint density at radius 3 is 2.44 bits per heavy atom. The zero-order valence-electron chi connectivity index (χ0n) is 16.5. The standard InChI is InChI=1S/C21H34N2O4/c24-19-15-21(27-14-12-23(19)16-18-7-3-4-13-26-18)8-10-22(11-9-21)20(25)17-5-1-2-6-17/h17-18H,1-16H2. The molecule has 0 bridgehead atoms. The summed E-state index contributed by atoms with van der Waals surface area (Å²) in [6.07, 6.45) is 10.0. The van der Waals surface area contributed by atoms with Crippen LogP contribution in [0, 0.1) is 5.92 Å². The van der Waals surface area contributed by atoms with Gasteiger partial charge in [0.2, 0.25) is 11.8 Å². The van der Waals surface area contributed by atoms with Crippen LogP contribution in [0.15, 0.2) is 0 Å². The van der Waals surface area contributed by atoms with Gasteiger partial charge in [0, 0.05) is 38.7 Å². The molecule has 2 amide bonds. The maximum Gasteiger partial charge on any atom is 0.225 e. The molecular weight excluding hydrogens is 344 g/mol. The lowest BCUT2D eigenvalue weighted by molar-refractivity contribution is -0.144. The summed E-state index contributed by atoms with van der Waals surface area (Å²) in [6.45, 7) is 4.23. The summed E-state index contributed by atoms with van der Waals surface area (Å²) < 4.78 is 12.1. The number of likely N-dealkylation sites (tertiary alicyclic amines) is 1. The lowest BCUT2D eigenvalue weighted by atomic mass is 9.87.